The highest BCUT2D eigenvalue weighted by Gasteiger charge is 2.25. The Hall–Kier alpha value is -5.00. The van der Waals surface area contributed by atoms with Crippen molar-refractivity contribution in [3.8, 4) is 6.19 Å². The summed E-state index contributed by atoms with van der Waals surface area (Å²) in [4.78, 5) is 103. The maximum atomic E-state index is 11.1. The number of rotatable bonds is 25. The first kappa shape index (κ1) is 110. The van der Waals surface area contributed by atoms with E-state index in [9.17, 15) is 56.9 Å². The third-order valence-corrected chi connectivity index (χ3v) is 18.6. The van der Waals surface area contributed by atoms with Crippen molar-refractivity contribution >= 4 is 79.1 Å². The van der Waals surface area contributed by atoms with Crippen molar-refractivity contribution in [2.24, 2.45) is 87.8 Å². The molecule has 0 amide bonds. The normalized spacial score (nSPS) is 11.0. The van der Waals surface area contributed by atoms with E-state index < -0.39 is 9.84 Å². The highest BCUT2D eigenvalue weighted by Crippen LogP contribution is 2.24. The Bertz CT molecular complexity index is 2760. The predicted octanol–water partition coefficient (Wildman–Crippen LogP) is 20.3. The Morgan fingerprint density at radius 1 is 0.465 bits per heavy atom. The zero-order chi connectivity index (χ0) is 80.9. The molecule has 0 saturated heterocycles. The Morgan fingerprint density at radius 3 is 0.869 bits per heavy atom. The molecule has 0 radical (unpaired) electrons. The number of carbonyl (C=O) groups is 6. The highest BCUT2D eigenvalue weighted by molar-refractivity contribution is 7.92. The number of nitro groups is 1. The van der Waals surface area contributed by atoms with E-state index in [-0.39, 0.29) is 121 Å². The summed E-state index contributed by atoms with van der Waals surface area (Å²) in [6.45, 7) is 77.9. The minimum Gasteiger partial charge on any atom is -0.299 e. The Kier molecular flexibility index (Phi) is 63.8. The van der Waals surface area contributed by atoms with Crippen LogP contribution in [-0.2, 0) is 38.6 Å². The summed E-state index contributed by atoms with van der Waals surface area (Å²) in [5.74, 6) is 4.94. The zero-order valence-corrected chi connectivity index (χ0v) is 72.3. The Labute approximate surface area is 614 Å². The molecule has 17 nitrogen and oxygen atoms in total. The lowest BCUT2D eigenvalue weighted by Crippen LogP contribution is -2.41. The molecule has 20 heteroatoms. The monoisotopic (exact) mass is 1450 g/mol. The first-order valence-electron chi connectivity index (χ1n) is 36.0. The van der Waals surface area contributed by atoms with Gasteiger partial charge in [-0.1, -0.05) is 261 Å². The van der Waals surface area contributed by atoms with E-state index in [1.807, 2.05) is 131 Å². The average molecular weight is 1450 g/mol. The van der Waals surface area contributed by atoms with Gasteiger partial charge in [0.25, 0.3) is 0 Å². The van der Waals surface area contributed by atoms with Gasteiger partial charge in [-0.3, -0.25) is 48.5 Å². The molecular weight excluding hydrogens is 1310 g/mol. The van der Waals surface area contributed by atoms with Crippen LogP contribution in [0.5, 0.6) is 0 Å². The smallest absolute Gasteiger partial charge is 0.234 e. The van der Waals surface area contributed by atoms with E-state index in [2.05, 4.69) is 111 Å². The topological polar surface area (TPSA) is 276 Å². The van der Waals surface area contributed by atoms with E-state index in [4.69, 9.17) is 17.5 Å². The lowest BCUT2D eigenvalue weighted by atomic mass is 9.85. The maximum Gasteiger partial charge on any atom is 0.234 e. The second-order valence-corrected chi connectivity index (χ2v) is 35.2. The summed E-state index contributed by atoms with van der Waals surface area (Å²) >= 11 is 6.42. The lowest BCUT2D eigenvalue weighted by molar-refractivity contribution is -0.404. The van der Waals surface area contributed by atoms with Crippen molar-refractivity contribution in [1.29, 1.82) is 5.26 Å². The molecule has 0 fully saturated rings. The number of thiocarbonyl (C=S) groups is 1. The molecule has 1 aromatic heterocycles. The lowest BCUT2D eigenvalue weighted by Gasteiger charge is -2.16. The number of sulfone groups is 1. The van der Waals surface area contributed by atoms with Crippen molar-refractivity contribution in [3.63, 3.8) is 0 Å². The van der Waals surface area contributed by atoms with Crippen LogP contribution >= 0.6 is 23.9 Å². The van der Waals surface area contributed by atoms with E-state index in [0.717, 1.165) is 35.0 Å². The molecule has 0 unspecified atom stereocenters. The van der Waals surface area contributed by atoms with Gasteiger partial charge in [-0.05, 0) is 97.7 Å². The van der Waals surface area contributed by atoms with Gasteiger partial charge in [0.2, 0.25) is 34.8 Å². The number of Topliss-reactive ketones (excluding diaryl/α,β-unsaturated/α-hetero) is 6. The van der Waals surface area contributed by atoms with Crippen molar-refractivity contribution in [3.05, 3.63) is 64.8 Å². The van der Waals surface area contributed by atoms with Gasteiger partial charge in [0.1, 0.15) is 23.1 Å². The second kappa shape index (κ2) is 57.5. The molecule has 1 heterocycles. The van der Waals surface area contributed by atoms with Crippen LogP contribution in [-0.4, -0.2) is 77.9 Å². The SMILES string of the molecule is CC(C)C(=C[N+](=O)[O-])C(C)C.CC(C)C(=NC#N)C(C)C.CC(C)C(=O)C(=O)C(C)C.CC(C)C(=O)C(C)C.CC(C)C(=O)CC(=O)C(C)C.CC(C)C(=S)C(C)C.CC(C)CC(=O)C(C)C.CC(C)S(=O)(=O)C(C)C.CC(C)c1c(C(C)C)c(=O)c1=O.CC(C)c1nsnc1C(C)C. The first-order valence-corrected chi connectivity index (χ1v) is 38.8. The van der Waals surface area contributed by atoms with Gasteiger partial charge in [-0.2, -0.15) is 19.0 Å². The molecule has 0 aliphatic carbocycles. The maximum absolute atomic E-state index is 11.1. The standard InChI is InChI=1S/C10H14O2.C9H16O2.C8H14N2S.C8H14N2.C8H15NO2.C8H14O2.C8H16O.C7H14O.C7H14S.C6H14O2S/c1-5(2)7-8(6(3)4)10(12)9(7)11;1-6(2)8(10)5-9(11)7(3)4;1-5(2)7-8(6(3)4)10-11-9-7;1-6(2)8(7(3)4)10-5-9;1-6(2)8(7(3)4)5-9(10)11;1-5(2)7(9)8(10)6(3)4;1-6(2)5-8(9)7(3)4;2*1-5(2)7(8)6(3)4;1-5(2)9(7,8)6(3)4/h5-6H,1-4H3;6-7H,5H2,1-4H3;5-6H,1-4H3;6-7H,1-4H3;5-7H,1-4H3;5-6H,1-4H3;6-7H,5H2,1-4H3;2*5-6H,1-4H3;5-6H,1-4H3. The Morgan fingerprint density at radius 2 is 0.758 bits per heavy atom. The number of allylic oxidation sites excluding steroid dienone is 1. The fraction of sp³-hybridized carbons (Fsp3) is 0.785. The van der Waals surface area contributed by atoms with Crippen LogP contribution in [0.3, 0.4) is 0 Å². The molecular formula is C79H145N5O12S3. The summed E-state index contributed by atoms with van der Waals surface area (Å²) in [7, 11) is -2.81. The van der Waals surface area contributed by atoms with E-state index >= 15 is 0 Å². The van der Waals surface area contributed by atoms with E-state index in [0.29, 0.717) is 53.0 Å². The fourth-order valence-corrected chi connectivity index (χ4v) is 10.2. The van der Waals surface area contributed by atoms with Crippen LogP contribution in [0.4, 0.5) is 0 Å². The molecule has 0 saturated carbocycles. The molecule has 0 atom stereocenters. The molecule has 0 aliphatic heterocycles. The summed E-state index contributed by atoms with van der Waals surface area (Å²) in [5.41, 5.74) is 5.18. The summed E-state index contributed by atoms with van der Waals surface area (Å²) < 4.78 is 30.6. The van der Waals surface area contributed by atoms with Gasteiger partial charge in [0.05, 0.1) is 45.0 Å². The molecule has 576 valence electrons. The second-order valence-electron chi connectivity index (χ2n) is 31.1. The summed E-state index contributed by atoms with van der Waals surface area (Å²) in [5, 5.41) is 18.0. The van der Waals surface area contributed by atoms with Crippen LogP contribution in [0.15, 0.2) is 26.4 Å². The zero-order valence-electron chi connectivity index (χ0n) is 69.9. The van der Waals surface area contributed by atoms with Crippen molar-refractivity contribution < 1.29 is 42.1 Å². The molecule has 0 aliphatic rings. The van der Waals surface area contributed by atoms with Crippen molar-refractivity contribution in [1.82, 2.24) is 8.75 Å². The van der Waals surface area contributed by atoms with Gasteiger partial charge in [-0.25, -0.2) is 8.42 Å². The number of hydrogen-bond acceptors (Lipinski definition) is 18. The number of nitrogens with zero attached hydrogens (tertiary/aromatic N) is 5. The van der Waals surface area contributed by atoms with Gasteiger partial charge in [0, 0.05) is 70.3 Å². The van der Waals surface area contributed by atoms with Crippen LogP contribution in [0.1, 0.15) is 336 Å². The van der Waals surface area contributed by atoms with Crippen LogP contribution in [0.25, 0.3) is 0 Å². The first-order chi connectivity index (χ1) is 44.6. The molecule has 99 heavy (non-hydrogen) atoms. The molecule has 0 spiro atoms. The fourth-order valence-electron chi connectivity index (χ4n) is 8.31. The number of ketones is 6. The summed E-state index contributed by atoms with van der Waals surface area (Å²) in [6.07, 6.45) is 3.78. The number of aliphatic imine (C=N–C) groups is 1. The molecule has 2 rings (SSSR count). The van der Waals surface area contributed by atoms with Crippen LogP contribution < -0.4 is 10.9 Å². The molecule has 0 N–H and O–H groups in total. The minimum absolute atomic E-state index is 0.0160. The van der Waals surface area contributed by atoms with Gasteiger partial charge < -0.3 is 0 Å². The minimum atomic E-state index is -2.81. The predicted molar refractivity (Wildman–Crippen MR) is 425 cm³/mol. The van der Waals surface area contributed by atoms with Crippen molar-refractivity contribution in [2.45, 2.75) is 324 Å². The molecule has 0 bridgehead atoms. The summed E-state index contributed by atoms with van der Waals surface area (Å²) in [6, 6.07) is 0. The quantitative estimate of drug-likeness (QED) is 0.0170. The molecule has 1 aromatic carbocycles. The average Bonchev–Trinajstić information content (AvgIpc) is 1.16. The number of aromatic nitrogens is 2. The van der Waals surface area contributed by atoms with Gasteiger partial charge >= 0.3 is 0 Å². The number of nitriles is 1. The highest BCUT2D eigenvalue weighted by atomic mass is 32.2. The van der Waals surface area contributed by atoms with E-state index in [1.165, 1.54) is 28.0 Å². The van der Waals surface area contributed by atoms with Crippen LogP contribution in [0, 0.1) is 104 Å². The molecule has 2 aromatic rings. The Balaban J connectivity index is -0.000000155. The third kappa shape index (κ3) is 53.5. The van der Waals surface area contributed by atoms with Crippen LogP contribution in [0.2, 0.25) is 0 Å². The van der Waals surface area contributed by atoms with Gasteiger partial charge in [-0.15, -0.1) is 0 Å². The third-order valence-electron chi connectivity index (χ3n) is 14.5. The largest absolute Gasteiger partial charge is 0.299 e. The number of carbonyl (C=O) groups excluding carboxylic acids is 6. The number of hydrogen-bond donors (Lipinski definition) is 0. The van der Waals surface area contributed by atoms with E-state index in [1.54, 1.807) is 55.4 Å². The van der Waals surface area contributed by atoms with Crippen molar-refractivity contribution in [2.75, 3.05) is 0 Å². The van der Waals surface area contributed by atoms with Gasteiger partial charge in [0.15, 0.2) is 9.84 Å².